The Morgan fingerprint density at radius 3 is 1.29 bits per heavy atom. The lowest BCUT2D eigenvalue weighted by atomic mass is 9.86. The number of carbonyl (C=O) groups is 2. The number of phenols is 2. The predicted octanol–water partition coefficient (Wildman–Crippen LogP) is 3.77. The first kappa shape index (κ1) is 21.3. The Morgan fingerprint density at radius 2 is 1.00 bits per heavy atom. The van der Waals surface area contributed by atoms with Gasteiger partial charge in [0, 0.05) is 0 Å². The van der Waals surface area contributed by atoms with E-state index in [9.17, 15) is 19.8 Å². The molecule has 0 spiro atoms. The molecule has 2 rings (SSSR count). The molecule has 0 heterocycles. The van der Waals surface area contributed by atoms with E-state index in [-0.39, 0.29) is 33.5 Å². The van der Waals surface area contributed by atoms with Crippen molar-refractivity contribution in [1.82, 2.24) is 10.9 Å². The van der Waals surface area contributed by atoms with Crippen molar-refractivity contribution in [2.75, 3.05) is 0 Å². The zero-order chi connectivity index (χ0) is 21.3. The number of hydrogen-bond acceptors (Lipinski definition) is 4. The van der Waals surface area contributed by atoms with Gasteiger partial charge in [0.15, 0.2) is 0 Å². The van der Waals surface area contributed by atoms with Gasteiger partial charge in [0.2, 0.25) is 0 Å². The fraction of sp³-hybridized carbons (Fsp3) is 0.364. The second kappa shape index (κ2) is 7.54. The van der Waals surface area contributed by atoms with Crippen LogP contribution in [0.15, 0.2) is 36.4 Å². The van der Waals surface area contributed by atoms with Crippen LogP contribution in [0.2, 0.25) is 0 Å². The summed E-state index contributed by atoms with van der Waals surface area (Å²) in [6.45, 7) is 12.0. The topological polar surface area (TPSA) is 98.7 Å². The summed E-state index contributed by atoms with van der Waals surface area (Å²) in [4.78, 5) is 24.9. The minimum Gasteiger partial charge on any atom is -0.507 e. The van der Waals surface area contributed by atoms with Crippen molar-refractivity contribution in [3.63, 3.8) is 0 Å². The number of rotatable bonds is 2. The molecule has 0 saturated heterocycles. The van der Waals surface area contributed by atoms with Crippen molar-refractivity contribution in [1.29, 1.82) is 0 Å². The van der Waals surface area contributed by atoms with E-state index in [0.717, 1.165) is 11.1 Å². The number of phenolic OH excluding ortho intramolecular Hbond substituents is 2. The summed E-state index contributed by atoms with van der Waals surface area (Å²) >= 11 is 0. The first-order valence-corrected chi connectivity index (χ1v) is 9.08. The van der Waals surface area contributed by atoms with Crippen molar-refractivity contribution in [3.8, 4) is 11.5 Å². The molecule has 0 aliphatic heterocycles. The van der Waals surface area contributed by atoms with Gasteiger partial charge in [-0.15, -0.1) is 0 Å². The molecule has 0 unspecified atom stereocenters. The molecule has 2 aromatic rings. The highest BCUT2D eigenvalue weighted by Gasteiger charge is 2.21. The zero-order valence-corrected chi connectivity index (χ0v) is 17.2. The molecule has 0 bridgehead atoms. The van der Waals surface area contributed by atoms with Gasteiger partial charge in [0.25, 0.3) is 11.8 Å². The summed E-state index contributed by atoms with van der Waals surface area (Å²) in [6, 6.07) is 9.59. The van der Waals surface area contributed by atoms with Crippen LogP contribution in [-0.4, -0.2) is 22.0 Å². The van der Waals surface area contributed by atoms with Crippen LogP contribution < -0.4 is 10.9 Å². The molecule has 0 atom stereocenters. The Hall–Kier alpha value is -3.02. The maximum atomic E-state index is 12.4. The SMILES string of the molecule is CC(C)(C)c1ccc(O)c(C(=O)NNC(=O)c2cc(C(C)(C)C)ccc2O)c1. The Bertz CT molecular complexity index is 830. The highest BCUT2D eigenvalue weighted by Crippen LogP contribution is 2.28. The van der Waals surface area contributed by atoms with Crippen LogP contribution in [0.4, 0.5) is 0 Å². The van der Waals surface area contributed by atoms with Gasteiger partial charge in [-0.05, 0) is 46.2 Å². The van der Waals surface area contributed by atoms with Crippen LogP contribution in [0.25, 0.3) is 0 Å². The molecule has 6 heteroatoms. The Balaban J connectivity index is 2.19. The molecular formula is C22H28N2O4. The van der Waals surface area contributed by atoms with Gasteiger partial charge in [-0.1, -0.05) is 53.7 Å². The number of nitrogens with one attached hydrogen (secondary N) is 2. The van der Waals surface area contributed by atoms with Crippen LogP contribution in [0.1, 0.15) is 73.4 Å². The van der Waals surface area contributed by atoms with E-state index in [2.05, 4.69) is 10.9 Å². The summed E-state index contributed by atoms with van der Waals surface area (Å²) in [6.07, 6.45) is 0. The van der Waals surface area contributed by atoms with Crippen molar-refractivity contribution < 1.29 is 19.8 Å². The van der Waals surface area contributed by atoms with E-state index in [1.807, 2.05) is 41.5 Å². The zero-order valence-electron chi connectivity index (χ0n) is 17.2. The van der Waals surface area contributed by atoms with E-state index in [1.165, 1.54) is 12.1 Å². The third-order valence-corrected chi connectivity index (χ3v) is 4.50. The van der Waals surface area contributed by atoms with Crippen molar-refractivity contribution in [2.24, 2.45) is 0 Å². The maximum absolute atomic E-state index is 12.4. The number of aromatic hydroxyl groups is 2. The molecule has 150 valence electrons. The maximum Gasteiger partial charge on any atom is 0.273 e. The van der Waals surface area contributed by atoms with Gasteiger partial charge in [-0.3, -0.25) is 20.4 Å². The monoisotopic (exact) mass is 384 g/mol. The van der Waals surface area contributed by atoms with E-state index in [0.29, 0.717) is 0 Å². The van der Waals surface area contributed by atoms with Gasteiger partial charge in [-0.25, -0.2) is 0 Å². The molecule has 0 saturated carbocycles. The second-order valence-corrected chi connectivity index (χ2v) is 8.87. The van der Waals surface area contributed by atoms with E-state index >= 15 is 0 Å². The standard InChI is InChI=1S/C22H28N2O4/c1-21(2,3)13-7-9-17(25)15(11-13)19(27)23-24-20(28)16-12-14(22(4,5)6)8-10-18(16)26/h7-12,25-26H,1-6H3,(H,23,27)(H,24,28). The quantitative estimate of drug-likeness (QED) is 0.592. The van der Waals surface area contributed by atoms with Gasteiger partial charge in [0.05, 0.1) is 11.1 Å². The molecule has 0 aliphatic carbocycles. The summed E-state index contributed by atoms with van der Waals surface area (Å²) in [5.74, 6) is -1.67. The predicted molar refractivity (Wildman–Crippen MR) is 109 cm³/mol. The summed E-state index contributed by atoms with van der Waals surface area (Å²) in [5, 5.41) is 20.0. The average Bonchev–Trinajstić information content (AvgIpc) is 2.58. The molecule has 28 heavy (non-hydrogen) atoms. The molecule has 4 N–H and O–H groups in total. The average molecular weight is 384 g/mol. The normalized spacial score (nSPS) is 11.8. The first-order valence-electron chi connectivity index (χ1n) is 9.08. The molecular weight excluding hydrogens is 356 g/mol. The van der Waals surface area contributed by atoms with Crippen molar-refractivity contribution >= 4 is 11.8 Å². The van der Waals surface area contributed by atoms with E-state index in [4.69, 9.17) is 0 Å². The van der Waals surface area contributed by atoms with Crippen LogP contribution in [0, 0.1) is 0 Å². The summed E-state index contributed by atoms with van der Waals surface area (Å²) in [5.41, 5.74) is 6.04. The number of hydrazine groups is 1. The first-order chi connectivity index (χ1) is 12.8. The number of hydrogen-bond donors (Lipinski definition) is 4. The number of amides is 2. The van der Waals surface area contributed by atoms with Gasteiger partial charge < -0.3 is 10.2 Å². The van der Waals surface area contributed by atoms with Crippen LogP contribution in [0.5, 0.6) is 11.5 Å². The molecule has 0 aromatic heterocycles. The summed E-state index contributed by atoms with van der Waals surface area (Å²) < 4.78 is 0. The molecule has 2 amide bonds. The lowest BCUT2D eigenvalue weighted by molar-refractivity contribution is 0.0843. The third kappa shape index (κ3) is 4.82. The fourth-order valence-electron chi connectivity index (χ4n) is 2.62. The Kier molecular flexibility index (Phi) is 5.73. The Labute approximate surface area is 165 Å². The van der Waals surface area contributed by atoms with Gasteiger partial charge >= 0.3 is 0 Å². The number of carbonyl (C=O) groups excluding carboxylic acids is 2. The van der Waals surface area contributed by atoms with Crippen LogP contribution >= 0.6 is 0 Å². The lowest BCUT2D eigenvalue weighted by Gasteiger charge is -2.21. The molecule has 2 aromatic carbocycles. The minimum absolute atomic E-state index is 0.0559. The molecule has 6 nitrogen and oxygen atoms in total. The van der Waals surface area contributed by atoms with E-state index < -0.39 is 11.8 Å². The highest BCUT2D eigenvalue weighted by molar-refractivity contribution is 6.01. The van der Waals surface area contributed by atoms with Crippen LogP contribution in [-0.2, 0) is 10.8 Å². The molecule has 0 fully saturated rings. The van der Waals surface area contributed by atoms with Gasteiger partial charge in [-0.2, -0.15) is 0 Å². The molecule has 0 aliphatic rings. The smallest absolute Gasteiger partial charge is 0.273 e. The van der Waals surface area contributed by atoms with Crippen molar-refractivity contribution in [2.45, 2.75) is 52.4 Å². The van der Waals surface area contributed by atoms with Crippen molar-refractivity contribution in [3.05, 3.63) is 58.7 Å². The largest absolute Gasteiger partial charge is 0.507 e. The van der Waals surface area contributed by atoms with E-state index in [1.54, 1.807) is 24.3 Å². The van der Waals surface area contributed by atoms with Gasteiger partial charge in [0.1, 0.15) is 11.5 Å². The Morgan fingerprint density at radius 1 is 0.679 bits per heavy atom. The summed E-state index contributed by atoms with van der Waals surface area (Å²) in [7, 11) is 0. The third-order valence-electron chi connectivity index (χ3n) is 4.50. The van der Waals surface area contributed by atoms with Crippen LogP contribution in [0.3, 0.4) is 0 Å². The molecule has 0 radical (unpaired) electrons. The second-order valence-electron chi connectivity index (χ2n) is 8.87. The fourth-order valence-corrected chi connectivity index (χ4v) is 2.62. The lowest BCUT2D eigenvalue weighted by Crippen LogP contribution is -2.41. The minimum atomic E-state index is -0.650. The highest BCUT2D eigenvalue weighted by atomic mass is 16.3. The number of benzene rings is 2.